The first-order valence-corrected chi connectivity index (χ1v) is 12.5. The Balaban J connectivity index is 1.45. The Hall–Kier alpha value is -3.84. The zero-order valence-corrected chi connectivity index (χ0v) is 20.5. The van der Waals surface area contributed by atoms with Gasteiger partial charge in [-0.2, -0.15) is 15.0 Å². The summed E-state index contributed by atoms with van der Waals surface area (Å²) in [4.78, 5) is 33.9. The van der Waals surface area contributed by atoms with Gasteiger partial charge in [-0.1, -0.05) is 12.1 Å². The fourth-order valence-corrected chi connectivity index (χ4v) is 5.24. The average Bonchev–Trinajstić information content (AvgIpc) is 3.31. The number of para-hydroxylation sites is 2. The van der Waals surface area contributed by atoms with Crippen molar-refractivity contribution in [3.63, 3.8) is 0 Å². The summed E-state index contributed by atoms with van der Waals surface area (Å²) in [6, 6.07) is 12.1. The second-order valence-electron chi connectivity index (χ2n) is 8.39. The number of anilines is 2. The fraction of sp³-hybridized carbons (Fsp3) is 0.292. The number of alkyl halides is 2. The minimum atomic E-state index is -2.85. The Bertz CT molecular complexity index is 1490. The molecule has 4 aromatic rings. The number of fused-ring (bicyclic) bond motifs is 2. The zero-order chi connectivity index (χ0) is 25.5. The van der Waals surface area contributed by atoms with E-state index in [4.69, 9.17) is 9.47 Å². The van der Waals surface area contributed by atoms with Crippen LogP contribution < -0.4 is 14.5 Å². The van der Waals surface area contributed by atoms with Gasteiger partial charge in [-0.25, -0.2) is 13.8 Å². The largest absolute Gasteiger partial charge is 0.424 e. The minimum Gasteiger partial charge on any atom is -0.424 e. The summed E-state index contributed by atoms with van der Waals surface area (Å²) in [7, 11) is 1.73. The van der Waals surface area contributed by atoms with E-state index in [-0.39, 0.29) is 17.9 Å². The SMILES string of the molecule is CN1C(=O)CSc2cc(Oc3nc(N4CCOCC4)nc(-n4c(C(F)F)nc5ccccc54)n3)ccc21. The first-order chi connectivity index (χ1) is 18.0. The van der Waals surface area contributed by atoms with Gasteiger partial charge in [0.05, 0.1) is 35.7 Å². The number of hydrogen-bond donors (Lipinski definition) is 0. The summed E-state index contributed by atoms with van der Waals surface area (Å²) >= 11 is 1.42. The summed E-state index contributed by atoms with van der Waals surface area (Å²) in [5.41, 5.74) is 1.63. The van der Waals surface area contributed by atoms with Crippen molar-refractivity contribution in [3.8, 4) is 17.7 Å². The highest BCUT2D eigenvalue weighted by molar-refractivity contribution is 8.00. The summed E-state index contributed by atoms with van der Waals surface area (Å²) in [5, 5.41) is 0. The number of aromatic nitrogens is 5. The second kappa shape index (κ2) is 9.56. The van der Waals surface area contributed by atoms with E-state index in [0.717, 1.165) is 10.6 Å². The quantitative estimate of drug-likeness (QED) is 0.385. The topological polar surface area (TPSA) is 98.5 Å². The highest BCUT2D eigenvalue weighted by Crippen LogP contribution is 2.38. The molecule has 2 aliphatic heterocycles. The number of morpholine rings is 1. The molecule has 13 heteroatoms. The molecule has 37 heavy (non-hydrogen) atoms. The third-order valence-electron chi connectivity index (χ3n) is 6.09. The van der Waals surface area contributed by atoms with Crippen molar-refractivity contribution in [2.75, 3.05) is 48.9 Å². The second-order valence-corrected chi connectivity index (χ2v) is 9.40. The molecule has 2 aromatic heterocycles. The van der Waals surface area contributed by atoms with Crippen LogP contribution in [0.2, 0.25) is 0 Å². The number of thioether (sulfide) groups is 1. The van der Waals surface area contributed by atoms with Crippen molar-refractivity contribution in [2.45, 2.75) is 11.3 Å². The molecular formula is C24H21F2N7O3S. The zero-order valence-electron chi connectivity index (χ0n) is 19.7. The van der Waals surface area contributed by atoms with Crippen LogP contribution in [0.15, 0.2) is 47.4 Å². The molecule has 6 rings (SSSR count). The van der Waals surface area contributed by atoms with E-state index in [9.17, 15) is 13.6 Å². The van der Waals surface area contributed by atoms with E-state index in [2.05, 4.69) is 19.9 Å². The van der Waals surface area contributed by atoms with Crippen LogP contribution in [0.25, 0.3) is 17.0 Å². The first kappa shape index (κ1) is 23.6. The number of carbonyl (C=O) groups excluding carboxylic acids is 1. The van der Waals surface area contributed by atoms with Crippen molar-refractivity contribution in [3.05, 3.63) is 48.3 Å². The molecule has 190 valence electrons. The predicted molar refractivity (Wildman–Crippen MR) is 133 cm³/mol. The van der Waals surface area contributed by atoms with Crippen LogP contribution in [0.3, 0.4) is 0 Å². The van der Waals surface area contributed by atoms with Gasteiger partial charge < -0.3 is 19.3 Å². The van der Waals surface area contributed by atoms with Crippen LogP contribution in [0.5, 0.6) is 11.8 Å². The van der Waals surface area contributed by atoms with Crippen molar-refractivity contribution >= 4 is 40.3 Å². The maximum atomic E-state index is 14.0. The van der Waals surface area contributed by atoms with Gasteiger partial charge in [0.25, 0.3) is 6.43 Å². The lowest BCUT2D eigenvalue weighted by Gasteiger charge is -2.27. The van der Waals surface area contributed by atoms with Crippen molar-refractivity contribution in [1.82, 2.24) is 24.5 Å². The van der Waals surface area contributed by atoms with E-state index in [1.54, 1.807) is 54.4 Å². The molecule has 0 spiro atoms. The maximum Gasteiger partial charge on any atom is 0.328 e. The molecule has 0 unspecified atom stereocenters. The van der Waals surface area contributed by atoms with Gasteiger partial charge in [-0.3, -0.25) is 9.36 Å². The van der Waals surface area contributed by atoms with Crippen molar-refractivity contribution in [1.29, 1.82) is 0 Å². The Kier molecular flexibility index (Phi) is 6.08. The third kappa shape index (κ3) is 4.44. The van der Waals surface area contributed by atoms with E-state index in [0.29, 0.717) is 54.8 Å². The molecule has 0 radical (unpaired) electrons. The van der Waals surface area contributed by atoms with Crippen molar-refractivity contribution < 1.29 is 23.0 Å². The van der Waals surface area contributed by atoms with E-state index < -0.39 is 12.2 Å². The summed E-state index contributed by atoms with van der Waals surface area (Å²) in [6.07, 6.45) is -2.85. The van der Waals surface area contributed by atoms with Gasteiger partial charge in [0, 0.05) is 25.0 Å². The lowest BCUT2D eigenvalue weighted by atomic mass is 10.2. The molecule has 10 nitrogen and oxygen atoms in total. The molecule has 1 fully saturated rings. The number of ether oxygens (including phenoxy) is 2. The molecule has 0 saturated carbocycles. The van der Waals surface area contributed by atoms with Crippen molar-refractivity contribution in [2.24, 2.45) is 0 Å². The van der Waals surface area contributed by atoms with Gasteiger partial charge >= 0.3 is 6.01 Å². The van der Waals surface area contributed by atoms with Crippen LogP contribution in [-0.2, 0) is 9.53 Å². The molecule has 2 aromatic carbocycles. The Morgan fingerprint density at radius 1 is 1.03 bits per heavy atom. The summed E-state index contributed by atoms with van der Waals surface area (Å²) < 4.78 is 40.8. The van der Waals surface area contributed by atoms with Crippen LogP contribution in [-0.4, -0.2) is 69.5 Å². The fourth-order valence-electron chi connectivity index (χ4n) is 4.21. The van der Waals surface area contributed by atoms with Gasteiger partial charge in [0.15, 0.2) is 5.82 Å². The summed E-state index contributed by atoms with van der Waals surface area (Å²) in [5.74, 6) is 0.597. The standard InChI is InChI=1S/C24H21F2N7O3S/c1-31-17-7-6-14(12-18(17)37-13-19(31)34)36-24-29-22(32-8-10-35-11-9-32)28-23(30-24)33-16-5-3-2-4-15(16)27-21(33)20(25)26/h2-7,12,20H,8-11,13H2,1H3. The number of benzene rings is 2. The number of imidazole rings is 1. The molecule has 0 N–H and O–H groups in total. The van der Waals surface area contributed by atoms with E-state index in [1.807, 2.05) is 4.90 Å². The molecule has 4 heterocycles. The lowest BCUT2D eigenvalue weighted by Crippen LogP contribution is -2.37. The number of hydrogen-bond acceptors (Lipinski definition) is 9. The first-order valence-electron chi connectivity index (χ1n) is 11.5. The molecule has 1 amide bonds. The Morgan fingerprint density at radius 3 is 2.62 bits per heavy atom. The number of rotatable bonds is 5. The highest BCUT2D eigenvalue weighted by atomic mass is 32.2. The number of carbonyl (C=O) groups is 1. The monoisotopic (exact) mass is 525 g/mol. The molecule has 0 aliphatic carbocycles. The third-order valence-corrected chi connectivity index (χ3v) is 7.12. The van der Waals surface area contributed by atoms with Gasteiger partial charge in [0.2, 0.25) is 17.8 Å². The lowest BCUT2D eigenvalue weighted by molar-refractivity contribution is -0.116. The van der Waals surface area contributed by atoms with Crippen LogP contribution >= 0.6 is 11.8 Å². The minimum absolute atomic E-state index is 0.0193. The predicted octanol–water partition coefficient (Wildman–Crippen LogP) is 3.85. The number of amides is 1. The van der Waals surface area contributed by atoms with E-state index in [1.165, 1.54) is 16.3 Å². The maximum absolute atomic E-state index is 14.0. The Labute approximate surface area is 214 Å². The molecule has 0 atom stereocenters. The van der Waals surface area contributed by atoms with Crippen LogP contribution in [0, 0.1) is 0 Å². The highest BCUT2D eigenvalue weighted by Gasteiger charge is 2.26. The van der Waals surface area contributed by atoms with Crippen LogP contribution in [0.1, 0.15) is 12.2 Å². The van der Waals surface area contributed by atoms with Gasteiger partial charge in [-0.05, 0) is 30.3 Å². The Morgan fingerprint density at radius 2 is 1.81 bits per heavy atom. The normalized spacial score (nSPS) is 15.9. The van der Waals surface area contributed by atoms with E-state index >= 15 is 0 Å². The number of halogens is 2. The molecule has 2 aliphatic rings. The molecular weight excluding hydrogens is 504 g/mol. The molecule has 0 bridgehead atoms. The smallest absolute Gasteiger partial charge is 0.328 e. The van der Waals surface area contributed by atoms with Gasteiger partial charge in [0.1, 0.15) is 5.75 Å². The van der Waals surface area contributed by atoms with Crippen LogP contribution in [0.4, 0.5) is 20.4 Å². The number of nitrogens with zero attached hydrogens (tertiary/aromatic N) is 7. The molecule has 1 saturated heterocycles. The van der Waals surface area contributed by atoms with Gasteiger partial charge in [-0.15, -0.1) is 11.8 Å². The summed E-state index contributed by atoms with van der Waals surface area (Å²) in [6.45, 7) is 2.04. The average molecular weight is 526 g/mol.